The van der Waals surface area contributed by atoms with E-state index >= 15 is 0 Å². The fourth-order valence-corrected chi connectivity index (χ4v) is 5.07. The zero-order valence-corrected chi connectivity index (χ0v) is 20.2. The van der Waals surface area contributed by atoms with E-state index in [0.717, 1.165) is 33.6 Å². The van der Waals surface area contributed by atoms with Crippen molar-refractivity contribution in [2.45, 2.75) is 32.9 Å². The van der Waals surface area contributed by atoms with Gasteiger partial charge in [-0.15, -0.1) is 0 Å². The fourth-order valence-electron chi connectivity index (χ4n) is 4.95. The number of halogens is 1. The van der Waals surface area contributed by atoms with E-state index in [2.05, 4.69) is 29.5 Å². The lowest BCUT2D eigenvalue weighted by Gasteiger charge is -2.36. The molecule has 2 aliphatic rings. The first-order valence-corrected chi connectivity index (χ1v) is 11.8. The van der Waals surface area contributed by atoms with Gasteiger partial charge in [0.2, 0.25) is 0 Å². The number of piperazine rings is 1. The Labute approximate surface area is 204 Å². The average Bonchev–Trinajstić information content (AvgIpc) is 3.32. The Hall–Kier alpha value is -3.35. The maximum atomic E-state index is 13.3. The number of carbonyl (C=O) groups is 2. The molecule has 174 valence electrons. The van der Waals surface area contributed by atoms with Crippen LogP contribution in [0.4, 0.5) is 5.69 Å². The van der Waals surface area contributed by atoms with Crippen molar-refractivity contribution in [1.82, 2.24) is 15.2 Å². The molecule has 2 aliphatic heterocycles. The van der Waals surface area contributed by atoms with Crippen LogP contribution < -0.4 is 10.6 Å². The Kier molecular flexibility index (Phi) is 5.80. The molecule has 0 bridgehead atoms. The zero-order valence-electron chi connectivity index (χ0n) is 19.4. The largest absolute Gasteiger partial charge is 0.361 e. The van der Waals surface area contributed by atoms with Gasteiger partial charge in [0.25, 0.3) is 11.8 Å². The molecule has 0 unspecified atom stereocenters. The normalized spacial score (nSPS) is 21.0. The topological polar surface area (TPSA) is 77.2 Å². The minimum Gasteiger partial charge on any atom is -0.361 e. The van der Waals surface area contributed by atoms with Gasteiger partial charge >= 0.3 is 0 Å². The smallest absolute Gasteiger partial charge is 0.256 e. The maximum absolute atomic E-state index is 13.3. The van der Waals surface area contributed by atoms with Crippen LogP contribution in [-0.4, -0.2) is 46.9 Å². The number of aromatic nitrogens is 1. The summed E-state index contributed by atoms with van der Waals surface area (Å²) in [6.07, 6.45) is 3.59. The Morgan fingerprint density at radius 2 is 1.79 bits per heavy atom. The summed E-state index contributed by atoms with van der Waals surface area (Å²) in [4.78, 5) is 31.3. The van der Waals surface area contributed by atoms with Crippen molar-refractivity contribution in [2.24, 2.45) is 0 Å². The maximum Gasteiger partial charge on any atom is 0.256 e. The summed E-state index contributed by atoms with van der Waals surface area (Å²) in [5, 5.41) is 7.09. The van der Waals surface area contributed by atoms with Crippen molar-refractivity contribution < 1.29 is 9.59 Å². The fraction of sp³-hybridized carbons (Fsp3) is 0.259. The van der Waals surface area contributed by atoms with Crippen molar-refractivity contribution in [3.05, 3.63) is 76.1 Å². The highest BCUT2D eigenvalue weighted by Gasteiger charge is 2.30. The summed E-state index contributed by atoms with van der Waals surface area (Å²) in [5.41, 5.74) is 6.33. The Bertz CT molecular complexity index is 1300. The van der Waals surface area contributed by atoms with Crippen molar-refractivity contribution in [1.29, 1.82) is 0 Å². The average molecular weight is 475 g/mol. The monoisotopic (exact) mass is 474 g/mol. The highest BCUT2D eigenvalue weighted by Crippen LogP contribution is 2.40. The van der Waals surface area contributed by atoms with Crippen LogP contribution in [0.15, 0.2) is 48.7 Å². The second-order valence-corrected chi connectivity index (χ2v) is 9.60. The third kappa shape index (κ3) is 4.04. The minimum atomic E-state index is -0.164. The standard InChI is InChI=1S/C27H27ClN4O2/c1-15-13-32(14-16(2)30-15)27(34)22-12-29-24(17(22)3)11-21-25-20(18-7-9-19(28)10-8-18)5-4-6-23(25)31-26(21)33/h4-12,15-16,29-30H,13-14H2,1-3H3,(H,31,33)/b21-11-/t15-,16-/m0/s1. The van der Waals surface area contributed by atoms with Gasteiger partial charge in [0.15, 0.2) is 0 Å². The molecule has 3 N–H and O–H groups in total. The number of benzene rings is 2. The second-order valence-electron chi connectivity index (χ2n) is 9.17. The Morgan fingerprint density at radius 3 is 2.50 bits per heavy atom. The lowest BCUT2D eigenvalue weighted by atomic mass is 9.94. The van der Waals surface area contributed by atoms with Gasteiger partial charge in [-0.05, 0) is 61.7 Å². The number of amides is 2. The second kappa shape index (κ2) is 8.78. The highest BCUT2D eigenvalue weighted by molar-refractivity contribution is 6.36. The van der Waals surface area contributed by atoms with Crippen LogP contribution in [0.3, 0.4) is 0 Å². The van der Waals surface area contributed by atoms with Crippen molar-refractivity contribution in [2.75, 3.05) is 18.4 Å². The highest BCUT2D eigenvalue weighted by atomic mass is 35.5. The molecular weight excluding hydrogens is 448 g/mol. The number of H-pyrrole nitrogens is 1. The zero-order chi connectivity index (χ0) is 24.0. The Balaban J connectivity index is 1.52. The number of aromatic amines is 1. The first kappa shape index (κ1) is 22.4. The molecule has 3 heterocycles. The van der Waals surface area contributed by atoms with Crippen LogP contribution in [0, 0.1) is 6.92 Å². The summed E-state index contributed by atoms with van der Waals surface area (Å²) in [6, 6.07) is 13.9. The van der Waals surface area contributed by atoms with Gasteiger partial charge in [0, 0.05) is 53.3 Å². The van der Waals surface area contributed by atoms with Crippen LogP contribution in [0.1, 0.15) is 41.0 Å². The molecule has 6 nitrogen and oxygen atoms in total. The van der Waals surface area contributed by atoms with Gasteiger partial charge in [0.05, 0.1) is 11.1 Å². The number of rotatable bonds is 3. The molecule has 7 heteroatoms. The minimum absolute atomic E-state index is 0.0109. The van der Waals surface area contributed by atoms with Gasteiger partial charge < -0.3 is 20.5 Å². The molecule has 1 fully saturated rings. The van der Waals surface area contributed by atoms with Gasteiger partial charge in [-0.2, -0.15) is 0 Å². The third-order valence-electron chi connectivity index (χ3n) is 6.53. The molecule has 3 aromatic rings. The predicted molar refractivity (Wildman–Crippen MR) is 137 cm³/mol. The summed E-state index contributed by atoms with van der Waals surface area (Å²) in [6.45, 7) is 7.44. The van der Waals surface area contributed by atoms with E-state index in [1.165, 1.54) is 0 Å². The predicted octanol–water partition coefficient (Wildman–Crippen LogP) is 4.96. The van der Waals surface area contributed by atoms with E-state index in [1.54, 1.807) is 6.20 Å². The van der Waals surface area contributed by atoms with Gasteiger partial charge in [-0.3, -0.25) is 9.59 Å². The van der Waals surface area contributed by atoms with Crippen LogP contribution in [0.2, 0.25) is 5.02 Å². The molecule has 0 radical (unpaired) electrons. The molecule has 0 aliphatic carbocycles. The van der Waals surface area contributed by atoms with Crippen LogP contribution in [0.5, 0.6) is 0 Å². The first-order chi connectivity index (χ1) is 16.3. The van der Waals surface area contributed by atoms with E-state index in [0.29, 0.717) is 29.2 Å². The summed E-state index contributed by atoms with van der Waals surface area (Å²) in [7, 11) is 0. The first-order valence-electron chi connectivity index (χ1n) is 11.5. The quantitative estimate of drug-likeness (QED) is 0.469. The molecule has 1 aromatic heterocycles. The SMILES string of the molecule is Cc1c(C(=O)N2C[C@H](C)N[C@@H](C)C2)c[nH]c1/C=C1\C(=O)Nc2cccc(-c3ccc(Cl)cc3)c21. The van der Waals surface area contributed by atoms with Crippen LogP contribution >= 0.6 is 11.6 Å². The third-order valence-corrected chi connectivity index (χ3v) is 6.78. The molecule has 34 heavy (non-hydrogen) atoms. The molecule has 2 aromatic carbocycles. The van der Waals surface area contributed by atoms with E-state index in [4.69, 9.17) is 11.6 Å². The van der Waals surface area contributed by atoms with E-state index in [1.807, 2.05) is 60.4 Å². The number of hydrogen-bond acceptors (Lipinski definition) is 3. The lowest BCUT2D eigenvalue weighted by molar-refractivity contribution is -0.110. The number of fused-ring (bicyclic) bond motifs is 1. The van der Waals surface area contributed by atoms with Crippen molar-refractivity contribution in [3.63, 3.8) is 0 Å². The number of carbonyl (C=O) groups excluding carboxylic acids is 2. The Morgan fingerprint density at radius 1 is 1.09 bits per heavy atom. The number of anilines is 1. The van der Waals surface area contributed by atoms with Gasteiger partial charge in [0.1, 0.15) is 0 Å². The summed E-state index contributed by atoms with van der Waals surface area (Å²) >= 11 is 6.08. The van der Waals surface area contributed by atoms with E-state index in [-0.39, 0.29) is 23.9 Å². The van der Waals surface area contributed by atoms with Gasteiger partial charge in [-0.1, -0.05) is 35.9 Å². The number of nitrogens with zero attached hydrogens (tertiary/aromatic N) is 1. The molecular formula is C27H27ClN4O2. The van der Waals surface area contributed by atoms with E-state index < -0.39 is 0 Å². The van der Waals surface area contributed by atoms with Gasteiger partial charge in [-0.25, -0.2) is 0 Å². The molecule has 1 saturated heterocycles. The van der Waals surface area contributed by atoms with Crippen molar-refractivity contribution >= 4 is 40.8 Å². The van der Waals surface area contributed by atoms with Crippen LogP contribution in [-0.2, 0) is 4.79 Å². The number of hydrogen-bond donors (Lipinski definition) is 3. The molecule has 0 spiro atoms. The summed E-state index contributed by atoms with van der Waals surface area (Å²) in [5.74, 6) is -0.153. The lowest BCUT2D eigenvalue weighted by Crippen LogP contribution is -2.55. The van der Waals surface area contributed by atoms with E-state index in [9.17, 15) is 9.59 Å². The summed E-state index contributed by atoms with van der Waals surface area (Å²) < 4.78 is 0. The van der Waals surface area contributed by atoms with Crippen molar-refractivity contribution in [3.8, 4) is 11.1 Å². The molecule has 5 rings (SSSR count). The van der Waals surface area contributed by atoms with Crippen LogP contribution in [0.25, 0.3) is 22.8 Å². The molecule has 0 saturated carbocycles. The molecule has 2 amide bonds. The number of nitrogens with one attached hydrogen (secondary N) is 3. The molecule has 2 atom stereocenters.